The Morgan fingerprint density at radius 2 is 2.14 bits per heavy atom. The van der Waals surface area contributed by atoms with Gasteiger partial charge < -0.3 is 9.88 Å². The van der Waals surface area contributed by atoms with Crippen molar-refractivity contribution >= 4 is 33.0 Å². The Balaban J connectivity index is 1.89. The molecule has 114 valence electrons. The van der Waals surface area contributed by atoms with Gasteiger partial charge in [-0.1, -0.05) is 23.8 Å². The van der Waals surface area contributed by atoms with Crippen LogP contribution in [0.4, 0.5) is 4.79 Å². The Morgan fingerprint density at radius 3 is 2.82 bits per heavy atom. The van der Waals surface area contributed by atoms with E-state index < -0.39 is 6.04 Å². The molecular weight excluding hydrogens is 296 g/mol. The maximum absolute atomic E-state index is 11.8. The number of nitrogens with zero attached hydrogens (tertiary/aromatic N) is 1. The molecule has 1 amide bonds. The SMILES string of the molecule is CC(C)=CCn1ccc2c(CC3NC(=O)SC3=O)cccc21. The fraction of sp³-hybridized carbons (Fsp3) is 0.294. The summed E-state index contributed by atoms with van der Waals surface area (Å²) in [6, 6.07) is 7.78. The van der Waals surface area contributed by atoms with Gasteiger partial charge in [0.2, 0.25) is 5.12 Å². The molecule has 0 spiro atoms. The average Bonchev–Trinajstić information content (AvgIpc) is 3.01. The third-order valence-electron chi connectivity index (χ3n) is 3.79. The lowest BCUT2D eigenvalue weighted by Crippen LogP contribution is -2.30. The van der Waals surface area contributed by atoms with Crippen molar-refractivity contribution in [2.24, 2.45) is 0 Å². The lowest BCUT2D eigenvalue weighted by atomic mass is 10.0. The van der Waals surface area contributed by atoms with Gasteiger partial charge in [0.15, 0.2) is 0 Å². The zero-order valence-corrected chi connectivity index (χ0v) is 13.4. The third kappa shape index (κ3) is 2.95. The molecule has 1 aromatic carbocycles. The quantitative estimate of drug-likeness (QED) is 0.879. The molecule has 0 radical (unpaired) electrons. The largest absolute Gasteiger partial charge is 0.344 e. The van der Waals surface area contributed by atoms with Crippen LogP contribution in [0, 0.1) is 0 Å². The Kier molecular flexibility index (Phi) is 4.07. The summed E-state index contributed by atoms with van der Waals surface area (Å²) in [5.41, 5.74) is 3.53. The zero-order chi connectivity index (χ0) is 15.7. The fourth-order valence-electron chi connectivity index (χ4n) is 2.65. The Hall–Kier alpha value is -2.01. The summed E-state index contributed by atoms with van der Waals surface area (Å²) in [4.78, 5) is 23.1. The van der Waals surface area contributed by atoms with E-state index in [9.17, 15) is 9.59 Å². The molecule has 4 nitrogen and oxygen atoms in total. The molecule has 1 aliphatic rings. The minimum Gasteiger partial charge on any atom is -0.344 e. The summed E-state index contributed by atoms with van der Waals surface area (Å²) < 4.78 is 2.19. The monoisotopic (exact) mass is 314 g/mol. The number of thioether (sulfide) groups is 1. The van der Waals surface area contributed by atoms with Gasteiger partial charge in [0, 0.05) is 41.8 Å². The van der Waals surface area contributed by atoms with Crippen molar-refractivity contribution in [3.8, 4) is 0 Å². The van der Waals surface area contributed by atoms with E-state index in [1.807, 2.05) is 12.1 Å². The first-order valence-electron chi connectivity index (χ1n) is 7.27. The Morgan fingerprint density at radius 1 is 1.32 bits per heavy atom. The van der Waals surface area contributed by atoms with Gasteiger partial charge in [-0.05, 0) is 31.5 Å². The van der Waals surface area contributed by atoms with E-state index in [1.165, 1.54) is 5.57 Å². The molecule has 5 heteroatoms. The predicted molar refractivity (Wildman–Crippen MR) is 90.0 cm³/mol. The second kappa shape index (κ2) is 6.01. The van der Waals surface area contributed by atoms with Crippen LogP contribution in [0.1, 0.15) is 19.4 Å². The van der Waals surface area contributed by atoms with E-state index in [0.717, 1.165) is 34.8 Å². The molecule has 1 unspecified atom stereocenters. The van der Waals surface area contributed by atoms with Crippen LogP contribution in [0.2, 0.25) is 0 Å². The van der Waals surface area contributed by atoms with Gasteiger partial charge in [-0.15, -0.1) is 0 Å². The lowest BCUT2D eigenvalue weighted by Gasteiger charge is -2.10. The number of benzene rings is 1. The number of hydrogen-bond donors (Lipinski definition) is 1. The van der Waals surface area contributed by atoms with Crippen LogP contribution in [0.15, 0.2) is 42.1 Å². The molecule has 2 heterocycles. The predicted octanol–water partition coefficient (Wildman–Crippen LogP) is 3.50. The number of fused-ring (bicyclic) bond motifs is 1. The van der Waals surface area contributed by atoms with Crippen molar-refractivity contribution < 1.29 is 9.59 Å². The van der Waals surface area contributed by atoms with Gasteiger partial charge in [0.05, 0.1) is 0 Å². The van der Waals surface area contributed by atoms with Crippen molar-refractivity contribution in [1.29, 1.82) is 0 Å². The molecule has 0 saturated carbocycles. The van der Waals surface area contributed by atoms with Gasteiger partial charge in [0.1, 0.15) is 6.04 Å². The van der Waals surface area contributed by atoms with Gasteiger partial charge in [-0.25, -0.2) is 0 Å². The van der Waals surface area contributed by atoms with Crippen LogP contribution in [-0.2, 0) is 17.8 Å². The summed E-state index contributed by atoms with van der Waals surface area (Å²) in [6.45, 7) is 5.01. The Bertz CT molecular complexity index is 772. The fourth-order valence-corrected chi connectivity index (χ4v) is 3.32. The molecule has 1 aliphatic heterocycles. The average molecular weight is 314 g/mol. The molecule has 1 N–H and O–H groups in total. The van der Waals surface area contributed by atoms with Gasteiger partial charge in [0.25, 0.3) is 5.24 Å². The first kappa shape index (κ1) is 14.9. The number of hydrogen-bond acceptors (Lipinski definition) is 3. The second-order valence-corrected chi connectivity index (χ2v) is 6.69. The molecule has 0 bridgehead atoms. The van der Waals surface area contributed by atoms with Gasteiger partial charge in [-0.2, -0.15) is 0 Å². The summed E-state index contributed by atoms with van der Waals surface area (Å²) in [5, 5.41) is 3.53. The van der Waals surface area contributed by atoms with E-state index in [2.05, 4.69) is 48.1 Å². The van der Waals surface area contributed by atoms with Crippen LogP contribution >= 0.6 is 11.8 Å². The highest BCUT2D eigenvalue weighted by Gasteiger charge is 2.31. The highest BCUT2D eigenvalue weighted by molar-refractivity contribution is 8.26. The standard InChI is InChI=1S/C17H18N2O2S/c1-11(2)6-8-19-9-7-13-12(4-3-5-15(13)19)10-14-16(20)22-17(21)18-14/h3-7,9,14H,8,10H2,1-2H3,(H,18,21). The molecule has 1 atom stereocenters. The summed E-state index contributed by atoms with van der Waals surface area (Å²) in [5.74, 6) is 0. The van der Waals surface area contributed by atoms with E-state index >= 15 is 0 Å². The topological polar surface area (TPSA) is 51.1 Å². The number of carbonyl (C=O) groups excluding carboxylic acids is 2. The number of aromatic nitrogens is 1. The third-order valence-corrected chi connectivity index (χ3v) is 4.58. The van der Waals surface area contributed by atoms with E-state index in [1.54, 1.807) is 0 Å². The maximum Gasteiger partial charge on any atom is 0.287 e. The van der Waals surface area contributed by atoms with Gasteiger partial charge in [-0.3, -0.25) is 9.59 Å². The number of nitrogens with one attached hydrogen (secondary N) is 1. The smallest absolute Gasteiger partial charge is 0.287 e. The van der Waals surface area contributed by atoms with Crippen LogP contribution in [0.5, 0.6) is 0 Å². The lowest BCUT2D eigenvalue weighted by molar-refractivity contribution is -0.112. The number of amides is 1. The maximum atomic E-state index is 11.8. The van der Waals surface area contributed by atoms with Crippen LogP contribution in [0.25, 0.3) is 10.9 Å². The molecule has 1 saturated heterocycles. The van der Waals surface area contributed by atoms with E-state index in [0.29, 0.717) is 6.42 Å². The molecular formula is C17H18N2O2S. The normalized spacial score (nSPS) is 17.8. The number of carbonyl (C=O) groups is 2. The minimum absolute atomic E-state index is 0.0917. The molecule has 1 fully saturated rings. The van der Waals surface area contributed by atoms with E-state index in [-0.39, 0.29) is 10.4 Å². The van der Waals surface area contributed by atoms with Crippen molar-refractivity contribution in [2.45, 2.75) is 32.9 Å². The number of allylic oxidation sites excluding steroid dienone is 2. The first-order chi connectivity index (χ1) is 10.5. The molecule has 3 rings (SSSR count). The highest BCUT2D eigenvalue weighted by Crippen LogP contribution is 2.25. The number of rotatable bonds is 4. The van der Waals surface area contributed by atoms with Crippen LogP contribution in [0.3, 0.4) is 0 Å². The molecule has 2 aromatic rings. The van der Waals surface area contributed by atoms with E-state index in [4.69, 9.17) is 0 Å². The molecule has 1 aromatic heterocycles. The summed E-state index contributed by atoms with van der Waals surface area (Å²) in [6.07, 6.45) is 4.79. The highest BCUT2D eigenvalue weighted by atomic mass is 32.2. The summed E-state index contributed by atoms with van der Waals surface area (Å²) in [7, 11) is 0. The molecule has 0 aliphatic carbocycles. The summed E-state index contributed by atoms with van der Waals surface area (Å²) >= 11 is 0.768. The zero-order valence-electron chi connectivity index (χ0n) is 12.6. The van der Waals surface area contributed by atoms with Gasteiger partial charge >= 0.3 is 0 Å². The van der Waals surface area contributed by atoms with Crippen molar-refractivity contribution in [3.05, 3.63) is 47.7 Å². The van der Waals surface area contributed by atoms with Crippen molar-refractivity contribution in [1.82, 2.24) is 9.88 Å². The van der Waals surface area contributed by atoms with Crippen molar-refractivity contribution in [2.75, 3.05) is 0 Å². The first-order valence-corrected chi connectivity index (χ1v) is 8.08. The van der Waals surface area contributed by atoms with Crippen LogP contribution in [-0.4, -0.2) is 21.0 Å². The van der Waals surface area contributed by atoms with Crippen LogP contribution < -0.4 is 5.32 Å². The Labute approximate surface area is 133 Å². The molecule has 22 heavy (non-hydrogen) atoms. The minimum atomic E-state index is -0.413. The van der Waals surface area contributed by atoms with Crippen molar-refractivity contribution in [3.63, 3.8) is 0 Å². The second-order valence-electron chi connectivity index (χ2n) is 5.71.